The van der Waals surface area contributed by atoms with Crippen LogP contribution in [0.4, 0.5) is 0 Å². The summed E-state index contributed by atoms with van der Waals surface area (Å²) in [5, 5.41) is 3.38. The average Bonchev–Trinajstić information content (AvgIpc) is 3.05. The Morgan fingerprint density at radius 1 is 1.11 bits per heavy atom. The molecule has 0 unspecified atom stereocenters. The van der Waals surface area contributed by atoms with Crippen LogP contribution in [0.25, 0.3) is 11.3 Å². The van der Waals surface area contributed by atoms with E-state index in [0.29, 0.717) is 0 Å². The van der Waals surface area contributed by atoms with Crippen LogP contribution in [0, 0.1) is 0 Å². The van der Waals surface area contributed by atoms with E-state index in [1.54, 1.807) is 0 Å². The normalized spacial score (nSPS) is 20.9. The van der Waals surface area contributed by atoms with E-state index in [1.165, 1.54) is 51.7 Å². The molecule has 2 N–H and O–H groups in total. The fraction of sp³-hybridized carbons (Fsp3) is 0.533. The molecule has 2 aliphatic rings. The van der Waals surface area contributed by atoms with Gasteiger partial charge < -0.3 is 5.73 Å². The molecule has 2 nitrogen and oxygen atoms in total. The molecule has 1 saturated carbocycles. The maximum absolute atomic E-state index is 6.64. The van der Waals surface area contributed by atoms with Crippen LogP contribution in [-0.2, 0) is 18.4 Å². The quantitative estimate of drug-likeness (QED) is 0.859. The zero-order valence-corrected chi connectivity index (χ0v) is 12.6. The number of hydrogen-bond donors (Lipinski definition) is 1. The standard InChI is InChI=1S/C15H18N2S2/c16-15(7-2-1-3-8-15)14-17-13-10-6-9-18-11(10)4-5-12(13)19-14/h6,9H,1-5,7-8,16H2. The van der Waals surface area contributed by atoms with Crippen LogP contribution in [0.15, 0.2) is 11.4 Å². The molecule has 2 heterocycles. The highest BCUT2D eigenvalue weighted by molar-refractivity contribution is 7.12. The summed E-state index contributed by atoms with van der Waals surface area (Å²) >= 11 is 3.74. The molecule has 0 spiro atoms. The molecule has 0 atom stereocenters. The van der Waals surface area contributed by atoms with Gasteiger partial charge in [0.2, 0.25) is 0 Å². The van der Waals surface area contributed by atoms with Crippen molar-refractivity contribution in [2.45, 2.75) is 50.5 Å². The molecule has 0 amide bonds. The summed E-state index contributed by atoms with van der Waals surface area (Å²) in [5.41, 5.74) is 9.10. The second-order valence-corrected chi connectivity index (χ2v) is 7.85. The molecular formula is C15H18N2S2. The van der Waals surface area contributed by atoms with Crippen LogP contribution < -0.4 is 5.73 Å². The zero-order valence-electron chi connectivity index (χ0n) is 10.9. The van der Waals surface area contributed by atoms with Crippen molar-refractivity contribution in [2.75, 3.05) is 0 Å². The zero-order chi connectivity index (χ0) is 12.9. The van der Waals surface area contributed by atoms with Gasteiger partial charge in [-0.2, -0.15) is 0 Å². The lowest BCUT2D eigenvalue weighted by Crippen LogP contribution is -2.38. The minimum absolute atomic E-state index is 0.142. The Morgan fingerprint density at radius 2 is 1.89 bits per heavy atom. The minimum atomic E-state index is -0.142. The fourth-order valence-corrected chi connectivity index (χ4v) is 5.43. The van der Waals surface area contributed by atoms with Gasteiger partial charge in [0, 0.05) is 15.3 Å². The van der Waals surface area contributed by atoms with Gasteiger partial charge >= 0.3 is 0 Å². The molecule has 19 heavy (non-hydrogen) atoms. The number of thiazole rings is 1. The van der Waals surface area contributed by atoms with Crippen LogP contribution in [0.5, 0.6) is 0 Å². The van der Waals surface area contributed by atoms with Crippen molar-refractivity contribution in [1.29, 1.82) is 0 Å². The van der Waals surface area contributed by atoms with Crippen LogP contribution in [0.1, 0.15) is 46.9 Å². The third-order valence-electron chi connectivity index (χ3n) is 4.45. The topological polar surface area (TPSA) is 38.9 Å². The summed E-state index contributed by atoms with van der Waals surface area (Å²) in [6, 6.07) is 2.23. The molecule has 4 heteroatoms. The molecule has 1 fully saturated rings. The lowest BCUT2D eigenvalue weighted by Gasteiger charge is -2.31. The Kier molecular flexibility index (Phi) is 2.79. The van der Waals surface area contributed by atoms with E-state index in [-0.39, 0.29) is 5.54 Å². The molecule has 0 bridgehead atoms. The van der Waals surface area contributed by atoms with E-state index in [1.807, 2.05) is 22.7 Å². The lowest BCUT2D eigenvalue weighted by molar-refractivity contribution is 0.301. The monoisotopic (exact) mass is 290 g/mol. The van der Waals surface area contributed by atoms with Crippen LogP contribution in [0.2, 0.25) is 0 Å². The van der Waals surface area contributed by atoms with E-state index in [4.69, 9.17) is 10.7 Å². The van der Waals surface area contributed by atoms with Crippen molar-refractivity contribution < 1.29 is 0 Å². The molecule has 2 aliphatic carbocycles. The summed E-state index contributed by atoms with van der Waals surface area (Å²) in [4.78, 5) is 7.91. The second-order valence-electron chi connectivity index (χ2n) is 5.77. The molecule has 0 aromatic carbocycles. The predicted octanol–water partition coefficient (Wildman–Crippen LogP) is 4.09. The van der Waals surface area contributed by atoms with Gasteiger partial charge in [0.05, 0.1) is 11.2 Å². The Hall–Kier alpha value is -0.710. The van der Waals surface area contributed by atoms with Gasteiger partial charge in [-0.1, -0.05) is 19.3 Å². The van der Waals surface area contributed by atoms with Gasteiger partial charge in [0.1, 0.15) is 5.01 Å². The second kappa shape index (κ2) is 4.40. The Balaban J connectivity index is 1.77. The van der Waals surface area contributed by atoms with Gasteiger partial charge in [0.15, 0.2) is 0 Å². The van der Waals surface area contributed by atoms with Crippen LogP contribution in [-0.4, -0.2) is 4.98 Å². The van der Waals surface area contributed by atoms with E-state index in [0.717, 1.165) is 19.3 Å². The number of nitrogens with zero attached hydrogens (tertiary/aromatic N) is 1. The first kappa shape index (κ1) is 12.1. The maximum atomic E-state index is 6.64. The molecule has 2 aromatic heterocycles. The van der Waals surface area contributed by atoms with Crippen molar-refractivity contribution in [1.82, 2.24) is 4.98 Å². The predicted molar refractivity (Wildman–Crippen MR) is 81.8 cm³/mol. The number of fused-ring (bicyclic) bond motifs is 3. The first-order valence-electron chi connectivity index (χ1n) is 7.12. The van der Waals surface area contributed by atoms with Crippen molar-refractivity contribution >= 4 is 22.7 Å². The van der Waals surface area contributed by atoms with Crippen molar-refractivity contribution in [3.8, 4) is 11.3 Å². The molecule has 4 rings (SSSR count). The third-order valence-corrected chi connectivity index (χ3v) is 6.76. The van der Waals surface area contributed by atoms with E-state index >= 15 is 0 Å². The molecule has 0 saturated heterocycles. The molecule has 0 aliphatic heterocycles. The smallest absolute Gasteiger partial charge is 0.113 e. The van der Waals surface area contributed by atoms with Gasteiger partial charge in [0.25, 0.3) is 0 Å². The maximum Gasteiger partial charge on any atom is 0.113 e. The third kappa shape index (κ3) is 1.89. The van der Waals surface area contributed by atoms with E-state index in [2.05, 4.69) is 11.4 Å². The highest BCUT2D eigenvalue weighted by atomic mass is 32.1. The number of aryl methyl sites for hydroxylation is 2. The fourth-order valence-electron chi connectivity index (χ4n) is 3.31. The lowest BCUT2D eigenvalue weighted by atomic mass is 9.83. The van der Waals surface area contributed by atoms with Gasteiger partial charge in [-0.05, 0) is 37.1 Å². The molecule has 100 valence electrons. The average molecular weight is 290 g/mol. The summed E-state index contributed by atoms with van der Waals surface area (Å²) < 4.78 is 0. The number of rotatable bonds is 1. The highest BCUT2D eigenvalue weighted by Crippen LogP contribution is 2.43. The Labute approximate surface area is 121 Å². The molecule has 2 aromatic rings. The van der Waals surface area contributed by atoms with Gasteiger partial charge in [-0.15, -0.1) is 22.7 Å². The Bertz CT molecular complexity index is 605. The first-order chi connectivity index (χ1) is 9.26. The van der Waals surface area contributed by atoms with Crippen molar-refractivity contribution in [3.63, 3.8) is 0 Å². The molecular weight excluding hydrogens is 272 g/mol. The largest absolute Gasteiger partial charge is 0.319 e. The van der Waals surface area contributed by atoms with Crippen LogP contribution >= 0.6 is 22.7 Å². The first-order valence-corrected chi connectivity index (χ1v) is 8.82. The highest BCUT2D eigenvalue weighted by Gasteiger charge is 2.34. The molecule has 0 radical (unpaired) electrons. The Morgan fingerprint density at radius 3 is 2.74 bits per heavy atom. The summed E-state index contributed by atoms with van der Waals surface area (Å²) in [6.45, 7) is 0. The SMILES string of the molecule is NC1(c2nc3c(s2)CCc2sccc2-3)CCCCC1. The number of nitrogens with two attached hydrogens (primary N) is 1. The summed E-state index contributed by atoms with van der Waals surface area (Å²) in [6.07, 6.45) is 8.38. The van der Waals surface area contributed by atoms with Gasteiger partial charge in [-0.3, -0.25) is 0 Å². The number of hydrogen-bond acceptors (Lipinski definition) is 4. The van der Waals surface area contributed by atoms with E-state index in [9.17, 15) is 0 Å². The van der Waals surface area contributed by atoms with Crippen molar-refractivity contribution in [3.05, 3.63) is 26.2 Å². The van der Waals surface area contributed by atoms with Crippen LogP contribution in [0.3, 0.4) is 0 Å². The summed E-state index contributed by atoms with van der Waals surface area (Å²) in [5.74, 6) is 0. The van der Waals surface area contributed by atoms with Crippen molar-refractivity contribution in [2.24, 2.45) is 5.73 Å². The number of aromatic nitrogens is 1. The van der Waals surface area contributed by atoms with E-state index < -0.39 is 0 Å². The minimum Gasteiger partial charge on any atom is -0.319 e. The van der Waals surface area contributed by atoms with Gasteiger partial charge in [-0.25, -0.2) is 4.98 Å². The summed E-state index contributed by atoms with van der Waals surface area (Å²) in [7, 11) is 0. The number of thiophene rings is 1.